The van der Waals surface area contributed by atoms with E-state index in [-0.39, 0.29) is 75.4 Å². The lowest BCUT2D eigenvalue weighted by molar-refractivity contribution is -0.146. The number of phenolic OH excluding ortho intramolecular Hbond substituents is 1. The molecule has 0 radical (unpaired) electrons. The third-order valence-electron chi connectivity index (χ3n) is 13.4. The molecular formula is C49H69N13O19S2. The summed E-state index contributed by atoms with van der Waals surface area (Å²) in [4.78, 5) is 195. The molecule has 3 aliphatic heterocycles. The number of phenols is 1. The summed E-state index contributed by atoms with van der Waals surface area (Å²) in [7, 11) is 0. The number of nitrogens with zero attached hydrogens (tertiary/aromatic N) is 3. The number of fused-ring (bicyclic) bond motifs is 2. The minimum Gasteiger partial charge on any atom is -0.508 e. The summed E-state index contributed by atoms with van der Waals surface area (Å²) >= 11 is 8.35. The molecule has 4 rings (SSSR count). The number of carboxylic acids is 4. The van der Waals surface area contributed by atoms with Gasteiger partial charge in [-0.05, 0) is 69.1 Å². The molecule has 0 spiro atoms. The van der Waals surface area contributed by atoms with Gasteiger partial charge < -0.3 is 89.3 Å². The van der Waals surface area contributed by atoms with Crippen LogP contribution in [0.2, 0.25) is 0 Å². The number of guanidine groups is 1. The van der Waals surface area contributed by atoms with Crippen molar-refractivity contribution in [1.82, 2.24) is 52.3 Å². The van der Waals surface area contributed by atoms with Gasteiger partial charge in [0.25, 0.3) is 0 Å². The first-order valence-corrected chi connectivity index (χ1v) is 27.5. The molecule has 456 valence electrons. The normalized spacial score (nSPS) is 25.8. The van der Waals surface area contributed by atoms with Crippen LogP contribution in [-0.2, 0) is 73.5 Å². The van der Waals surface area contributed by atoms with E-state index in [0.29, 0.717) is 0 Å². The highest BCUT2D eigenvalue weighted by molar-refractivity contribution is 7.80. The van der Waals surface area contributed by atoms with E-state index in [9.17, 15) is 92.7 Å². The van der Waals surface area contributed by atoms with E-state index in [4.69, 9.17) is 11.5 Å². The lowest BCUT2D eigenvalue weighted by atomic mass is 10.0. The molecule has 0 aliphatic carbocycles. The Bertz CT molecular complexity index is 2650. The van der Waals surface area contributed by atoms with Crippen LogP contribution in [0.15, 0.2) is 29.3 Å². The van der Waals surface area contributed by atoms with Crippen molar-refractivity contribution in [2.45, 2.75) is 144 Å². The second kappa shape index (κ2) is 32.3. The second-order valence-electron chi connectivity index (χ2n) is 19.6. The molecule has 17 N–H and O–H groups in total. The zero-order chi connectivity index (χ0) is 61.7. The van der Waals surface area contributed by atoms with Crippen molar-refractivity contribution < 1.29 is 92.7 Å². The van der Waals surface area contributed by atoms with Gasteiger partial charge >= 0.3 is 23.9 Å². The van der Waals surface area contributed by atoms with Crippen LogP contribution in [0, 0.1) is 0 Å². The molecule has 0 unspecified atom stereocenters. The summed E-state index contributed by atoms with van der Waals surface area (Å²) in [6.07, 6.45) is -5.53. The molecule has 1 aromatic rings. The zero-order valence-electron chi connectivity index (χ0n) is 44.7. The SMILES string of the molecule is NC(N)=NCCC[C@@H]1NC(=O)[C@H](CC(=O)O)NC(=O)[C@H](CS)NC(=O)[C@@H]2CCCN2C(=O)[C@H](CC(=O)O)NC(=O)[C@H](Cc2ccc(O)cc2)NC(=O)[C@H](CCC(=O)O)NC(=O)[C@H](CS)NC(=O)[C@@H]2CCCN2C(=O)[C@H](CCC(=O)O)NC1=O. The lowest BCUT2D eigenvalue weighted by Gasteiger charge is -2.31. The maximum absolute atomic E-state index is 14.4. The van der Waals surface area contributed by atoms with Crippen molar-refractivity contribution in [3.05, 3.63) is 29.8 Å². The van der Waals surface area contributed by atoms with Gasteiger partial charge in [0.05, 0.1) is 12.8 Å². The first kappa shape index (κ1) is 67.1. The molecule has 10 amide bonds. The number of aliphatic carboxylic acids is 4. The molecule has 83 heavy (non-hydrogen) atoms. The largest absolute Gasteiger partial charge is 0.508 e. The summed E-state index contributed by atoms with van der Waals surface area (Å²) in [5.41, 5.74) is 11.2. The highest BCUT2D eigenvalue weighted by atomic mass is 32.1. The lowest BCUT2D eigenvalue weighted by Crippen LogP contribution is -2.62. The van der Waals surface area contributed by atoms with Crippen LogP contribution in [0.5, 0.6) is 5.75 Å². The van der Waals surface area contributed by atoms with E-state index < -0.39 is 200 Å². The van der Waals surface area contributed by atoms with Crippen LogP contribution in [0.1, 0.15) is 82.6 Å². The van der Waals surface area contributed by atoms with Gasteiger partial charge in [-0.25, -0.2) is 0 Å². The average Bonchev–Trinajstić information content (AvgIpc) is 4.26. The van der Waals surface area contributed by atoms with Crippen LogP contribution >= 0.6 is 25.3 Å². The van der Waals surface area contributed by atoms with Gasteiger partial charge in [0.2, 0.25) is 59.1 Å². The Morgan fingerprint density at radius 2 is 0.867 bits per heavy atom. The maximum atomic E-state index is 14.4. The van der Waals surface area contributed by atoms with Crippen molar-refractivity contribution in [2.75, 3.05) is 31.1 Å². The van der Waals surface area contributed by atoms with E-state index in [1.165, 1.54) is 24.3 Å². The number of carbonyl (C=O) groups is 14. The molecule has 0 aromatic heterocycles. The highest BCUT2D eigenvalue weighted by Gasteiger charge is 2.43. The van der Waals surface area contributed by atoms with Gasteiger partial charge in [-0.15, -0.1) is 0 Å². The Balaban J connectivity index is 1.84. The van der Waals surface area contributed by atoms with Gasteiger partial charge in [0, 0.05) is 50.4 Å². The summed E-state index contributed by atoms with van der Waals surface area (Å²) in [5, 5.41) is 67.9. The molecule has 3 aliphatic rings. The summed E-state index contributed by atoms with van der Waals surface area (Å²) in [6, 6.07) is -11.8. The average molecular weight is 1210 g/mol. The van der Waals surface area contributed by atoms with E-state index in [1.54, 1.807) is 0 Å². The molecular weight excluding hydrogens is 1140 g/mol. The summed E-state index contributed by atoms with van der Waals surface area (Å²) in [6.45, 7) is -0.463. The molecule has 32 nitrogen and oxygen atoms in total. The fourth-order valence-electron chi connectivity index (χ4n) is 9.23. The first-order chi connectivity index (χ1) is 39.2. The summed E-state index contributed by atoms with van der Waals surface area (Å²) in [5.74, 6) is -18.8. The van der Waals surface area contributed by atoms with E-state index in [0.717, 1.165) is 9.80 Å². The minimum absolute atomic E-state index is 0.0400. The number of nitrogens with one attached hydrogen (secondary N) is 8. The number of carbonyl (C=O) groups excluding carboxylic acids is 10. The van der Waals surface area contributed by atoms with Gasteiger partial charge in [0.1, 0.15) is 66.2 Å². The van der Waals surface area contributed by atoms with Crippen molar-refractivity contribution >= 4 is 114 Å². The smallest absolute Gasteiger partial charge is 0.305 e. The minimum atomic E-state index is -1.99. The van der Waals surface area contributed by atoms with E-state index >= 15 is 0 Å². The number of benzene rings is 1. The first-order valence-electron chi connectivity index (χ1n) is 26.2. The standard InChI is InChI=1S/C49H69N13O19S2/c50-49(51)52-15-1-4-25-39(72)55-27(12-14-36(66)67)47(80)61-16-2-5-33(61)45(78)59-31(21-82)43(76)54-26(11-13-35(64)65)40(73)56-28(18-23-7-9-24(63)10-8-23)41(74)58-30(20-38(70)71)48(81)62-17-3-6-34(62)46(79)60-32(22-83)44(77)57-29(19-37(68)69)42(75)53-25/h7-10,25-34,63,82-83H,1-6,11-22H2,(H,53,75)(H,54,76)(H,55,72)(H,56,73)(H,57,77)(H,58,74)(H,59,78)(H,60,79)(H,64,65)(H,66,67)(H,68,69)(H,70,71)(H4,50,51,52)/t25-,26-,27-,28-,29-,30-,31-,32-,33-,34-/m0/s1. The number of amides is 10. The number of aromatic hydroxyl groups is 1. The molecule has 3 heterocycles. The predicted molar refractivity (Wildman–Crippen MR) is 293 cm³/mol. The fraction of sp³-hybridized carbons (Fsp3) is 0.571. The monoisotopic (exact) mass is 1210 g/mol. The molecule has 0 bridgehead atoms. The van der Waals surface area contributed by atoms with Crippen LogP contribution in [-0.4, -0.2) is 216 Å². The van der Waals surface area contributed by atoms with E-state index in [2.05, 4.69) is 72.8 Å². The third-order valence-corrected chi connectivity index (χ3v) is 14.2. The molecule has 1 aromatic carbocycles. The third kappa shape index (κ3) is 20.8. The molecule has 0 saturated carbocycles. The Morgan fingerprint density at radius 3 is 1.34 bits per heavy atom. The van der Waals surface area contributed by atoms with Gasteiger partial charge in [-0.2, -0.15) is 25.3 Å². The second-order valence-corrected chi connectivity index (χ2v) is 20.3. The summed E-state index contributed by atoms with van der Waals surface area (Å²) < 4.78 is 0. The number of aliphatic imine (C=N–C) groups is 1. The Morgan fingerprint density at radius 1 is 0.494 bits per heavy atom. The Kier molecular flexibility index (Phi) is 26.1. The van der Waals surface area contributed by atoms with Crippen LogP contribution in [0.3, 0.4) is 0 Å². The molecule has 10 atom stereocenters. The van der Waals surface area contributed by atoms with Crippen molar-refractivity contribution in [3.8, 4) is 5.75 Å². The van der Waals surface area contributed by atoms with Gasteiger partial charge in [-0.3, -0.25) is 72.1 Å². The van der Waals surface area contributed by atoms with Gasteiger partial charge in [0.15, 0.2) is 5.96 Å². The number of thiol groups is 2. The fourth-order valence-corrected chi connectivity index (χ4v) is 9.75. The number of rotatable bonds is 18. The quantitative estimate of drug-likeness (QED) is 0.0282. The maximum Gasteiger partial charge on any atom is 0.305 e. The van der Waals surface area contributed by atoms with Crippen molar-refractivity contribution in [3.63, 3.8) is 0 Å². The molecule has 3 saturated heterocycles. The van der Waals surface area contributed by atoms with Crippen LogP contribution in [0.4, 0.5) is 0 Å². The number of carboxylic acid groups (broad SMARTS) is 4. The van der Waals surface area contributed by atoms with Gasteiger partial charge in [-0.1, -0.05) is 12.1 Å². The van der Waals surface area contributed by atoms with Crippen LogP contribution < -0.4 is 54.0 Å². The Labute approximate surface area is 484 Å². The number of hydrogen-bond donors (Lipinski definition) is 17. The van der Waals surface area contributed by atoms with E-state index in [1.807, 2.05) is 0 Å². The molecule has 3 fully saturated rings. The zero-order valence-corrected chi connectivity index (χ0v) is 46.4. The predicted octanol–water partition coefficient (Wildman–Crippen LogP) is -5.60. The molecule has 34 heteroatoms. The highest BCUT2D eigenvalue weighted by Crippen LogP contribution is 2.23. The topological polar surface area (TPSA) is 507 Å². The number of nitrogens with two attached hydrogens (primary N) is 2. The van der Waals surface area contributed by atoms with Crippen molar-refractivity contribution in [1.29, 1.82) is 0 Å². The van der Waals surface area contributed by atoms with Crippen molar-refractivity contribution in [2.24, 2.45) is 16.5 Å². The van der Waals surface area contributed by atoms with Crippen LogP contribution in [0.25, 0.3) is 0 Å². The Hall–Kier alpha value is -8.43. The number of hydrogen-bond acceptors (Lipinski definition) is 18.